The van der Waals surface area contributed by atoms with Crippen molar-refractivity contribution in [3.05, 3.63) is 70.3 Å². The van der Waals surface area contributed by atoms with Crippen molar-refractivity contribution < 1.29 is 13.6 Å². The minimum absolute atomic E-state index is 0.0826. The number of nitrogens with one attached hydrogen (secondary N) is 1. The van der Waals surface area contributed by atoms with Gasteiger partial charge in [-0.2, -0.15) is 0 Å². The maximum absolute atomic E-state index is 13.7. The standard InChI is InChI=1S/C20H24F2N2O/c1-13-5-6-16(12-18(13)21)10-14(2)24-9-3-4-15-7-8-17(20(23)25)19(22)11-15/h5-8,11-12,14,24H,3-4,9-10H2,1-2H3,(H2,23,25). The fourth-order valence-electron chi connectivity index (χ4n) is 2.74. The number of nitrogens with two attached hydrogens (primary N) is 1. The molecule has 0 aromatic heterocycles. The first-order valence-electron chi connectivity index (χ1n) is 8.43. The Balaban J connectivity index is 1.76. The van der Waals surface area contributed by atoms with E-state index in [2.05, 4.69) is 12.2 Å². The number of hydrogen-bond donors (Lipinski definition) is 2. The lowest BCUT2D eigenvalue weighted by Crippen LogP contribution is -2.29. The van der Waals surface area contributed by atoms with Gasteiger partial charge in [-0.1, -0.05) is 18.2 Å². The van der Waals surface area contributed by atoms with Crippen LogP contribution in [0.5, 0.6) is 0 Å². The van der Waals surface area contributed by atoms with E-state index in [1.54, 1.807) is 25.1 Å². The van der Waals surface area contributed by atoms with Crippen LogP contribution in [0.15, 0.2) is 36.4 Å². The minimum atomic E-state index is -0.757. The van der Waals surface area contributed by atoms with Gasteiger partial charge in [0.05, 0.1) is 5.56 Å². The Hall–Kier alpha value is -2.27. The summed E-state index contributed by atoms with van der Waals surface area (Å²) >= 11 is 0. The van der Waals surface area contributed by atoms with Crippen molar-refractivity contribution in [3.63, 3.8) is 0 Å². The normalized spacial score (nSPS) is 12.2. The number of primary amides is 1. The van der Waals surface area contributed by atoms with Crippen LogP contribution in [-0.4, -0.2) is 18.5 Å². The Morgan fingerprint density at radius 2 is 1.80 bits per heavy atom. The van der Waals surface area contributed by atoms with E-state index in [9.17, 15) is 13.6 Å². The highest BCUT2D eigenvalue weighted by Crippen LogP contribution is 2.12. The fourth-order valence-corrected chi connectivity index (χ4v) is 2.74. The van der Waals surface area contributed by atoms with Crippen LogP contribution < -0.4 is 11.1 Å². The fraction of sp³-hybridized carbons (Fsp3) is 0.350. The minimum Gasteiger partial charge on any atom is -0.366 e. The quantitative estimate of drug-likeness (QED) is 0.719. The number of hydrogen-bond acceptors (Lipinski definition) is 2. The molecule has 0 saturated heterocycles. The third-order valence-corrected chi connectivity index (χ3v) is 4.21. The van der Waals surface area contributed by atoms with E-state index < -0.39 is 11.7 Å². The van der Waals surface area contributed by atoms with Crippen LogP contribution >= 0.6 is 0 Å². The molecule has 25 heavy (non-hydrogen) atoms. The first-order chi connectivity index (χ1) is 11.9. The molecule has 0 aliphatic heterocycles. The zero-order valence-electron chi connectivity index (χ0n) is 14.6. The summed E-state index contributed by atoms with van der Waals surface area (Å²) < 4.78 is 27.2. The van der Waals surface area contributed by atoms with Crippen molar-refractivity contribution in [3.8, 4) is 0 Å². The SMILES string of the molecule is Cc1ccc(CC(C)NCCCc2ccc(C(N)=O)c(F)c2)cc1F. The molecule has 2 aromatic carbocycles. The van der Waals surface area contributed by atoms with Crippen LogP contribution in [0.1, 0.15) is 40.4 Å². The van der Waals surface area contributed by atoms with Crippen molar-refractivity contribution in [1.82, 2.24) is 5.32 Å². The zero-order chi connectivity index (χ0) is 18.4. The van der Waals surface area contributed by atoms with Crippen LogP contribution in [0.4, 0.5) is 8.78 Å². The summed E-state index contributed by atoms with van der Waals surface area (Å²) in [6.45, 7) is 4.58. The van der Waals surface area contributed by atoms with Gasteiger partial charge in [0.2, 0.25) is 0 Å². The van der Waals surface area contributed by atoms with Crippen LogP contribution in [0.3, 0.4) is 0 Å². The maximum atomic E-state index is 13.7. The van der Waals surface area contributed by atoms with Crippen LogP contribution in [-0.2, 0) is 12.8 Å². The summed E-state index contributed by atoms with van der Waals surface area (Å²) in [5.74, 6) is -1.51. The number of carbonyl (C=O) groups excluding carboxylic acids is 1. The van der Waals surface area contributed by atoms with Crippen LogP contribution in [0.2, 0.25) is 0 Å². The molecule has 3 nitrogen and oxygen atoms in total. The van der Waals surface area contributed by atoms with Gasteiger partial charge in [0.25, 0.3) is 5.91 Å². The topological polar surface area (TPSA) is 55.1 Å². The van der Waals surface area contributed by atoms with E-state index in [4.69, 9.17) is 5.73 Å². The van der Waals surface area contributed by atoms with Crippen molar-refractivity contribution >= 4 is 5.91 Å². The highest BCUT2D eigenvalue weighted by Gasteiger charge is 2.09. The van der Waals surface area contributed by atoms with E-state index in [0.29, 0.717) is 12.0 Å². The second-order valence-corrected chi connectivity index (χ2v) is 6.42. The van der Waals surface area contributed by atoms with Gasteiger partial charge in [-0.15, -0.1) is 0 Å². The van der Waals surface area contributed by atoms with Gasteiger partial charge >= 0.3 is 0 Å². The smallest absolute Gasteiger partial charge is 0.251 e. The molecule has 1 atom stereocenters. The molecule has 0 fully saturated rings. The highest BCUT2D eigenvalue weighted by molar-refractivity contribution is 5.93. The highest BCUT2D eigenvalue weighted by atomic mass is 19.1. The number of carbonyl (C=O) groups is 1. The molecule has 0 aliphatic rings. The third kappa shape index (κ3) is 5.64. The molecule has 0 spiro atoms. The Kier molecular flexibility index (Phi) is 6.65. The summed E-state index contributed by atoms with van der Waals surface area (Å²) in [5, 5.41) is 3.39. The average molecular weight is 346 g/mol. The van der Waals surface area contributed by atoms with E-state index in [-0.39, 0.29) is 17.4 Å². The zero-order valence-corrected chi connectivity index (χ0v) is 14.6. The molecule has 2 rings (SSSR count). The van der Waals surface area contributed by atoms with Gasteiger partial charge in [0.15, 0.2) is 0 Å². The Labute approximate surface area is 147 Å². The summed E-state index contributed by atoms with van der Waals surface area (Å²) in [6.07, 6.45) is 2.29. The summed E-state index contributed by atoms with van der Waals surface area (Å²) in [5.41, 5.74) is 7.45. The van der Waals surface area contributed by atoms with Crippen LogP contribution in [0.25, 0.3) is 0 Å². The van der Waals surface area contributed by atoms with Crippen molar-refractivity contribution in [1.29, 1.82) is 0 Å². The largest absolute Gasteiger partial charge is 0.366 e. The molecule has 1 amide bonds. The molecule has 0 aliphatic carbocycles. The van der Waals surface area contributed by atoms with E-state index in [0.717, 1.165) is 30.5 Å². The molecule has 0 saturated carbocycles. The number of rotatable bonds is 8. The van der Waals surface area contributed by atoms with Crippen molar-refractivity contribution in [2.24, 2.45) is 5.73 Å². The van der Waals surface area contributed by atoms with Gasteiger partial charge in [-0.25, -0.2) is 8.78 Å². The summed E-state index contributed by atoms with van der Waals surface area (Å²) in [4.78, 5) is 11.0. The molecule has 3 N–H and O–H groups in total. The summed E-state index contributed by atoms with van der Waals surface area (Å²) in [7, 11) is 0. The first kappa shape index (κ1) is 19.1. The first-order valence-corrected chi connectivity index (χ1v) is 8.43. The Morgan fingerprint density at radius 3 is 2.44 bits per heavy atom. The average Bonchev–Trinajstić information content (AvgIpc) is 2.55. The molecular formula is C20H24F2N2O. The molecule has 2 aromatic rings. The molecular weight excluding hydrogens is 322 g/mol. The predicted molar refractivity (Wildman–Crippen MR) is 95.5 cm³/mol. The van der Waals surface area contributed by atoms with Gasteiger partial charge in [0.1, 0.15) is 11.6 Å². The number of halogens is 2. The molecule has 1 unspecified atom stereocenters. The van der Waals surface area contributed by atoms with Gasteiger partial charge < -0.3 is 11.1 Å². The molecule has 5 heteroatoms. The van der Waals surface area contributed by atoms with Crippen molar-refractivity contribution in [2.45, 2.75) is 39.2 Å². The maximum Gasteiger partial charge on any atom is 0.251 e. The van der Waals surface area contributed by atoms with Crippen molar-refractivity contribution in [2.75, 3.05) is 6.54 Å². The van der Waals surface area contributed by atoms with Gasteiger partial charge in [-0.05, 0) is 74.5 Å². The third-order valence-electron chi connectivity index (χ3n) is 4.21. The van der Waals surface area contributed by atoms with E-state index in [1.165, 1.54) is 12.1 Å². The molecule has 0 heterocycles. The molecule has 0 bridgehead atoms. The van der Waals surface area contributed by atoms with E-state index >= 15 is 0 Å². The second kappa shape index (κ2) is 8.72. The lowest BCUT2D eigenvalue weighted by Gasteiger charge is -2.14. The number of aryl methyl sites for hydroxylation is 2. The van der Waals surface area contributed by atoms with Gasteiger partial charge in [-0.3, -0.25) is 4.79 Å². The lowest BCUT2D eigenvalue weighted by molar-refractivity contribution is 0.0996. The molecule has 0 radical (unpaired) electrons. The van der Waals surface area contributed by atoms with E-state index in [1.807, 2.05) is 6.07 Å². The second-order valence-electron chi connectivity index (χ2n) is 6.42. The Bertz CT molecular complexity index is 746. The van der Waals surface area contributed by atoms with Crippen LogP contribution in [0, 0.1) is 18.6 Å². The predicted octanol–water partition coefficient (Wildman–Crippen LogP) is 3.53. The molecule has 134 valence electrons. The number of amides is 1. The number of benzene rings is 2. The Morgan fingerprint density at radius 1 is 1.12 bits per heavy atom. The lowest BCUT2D eigenvalue weighted by atomic mass is 10.0. The monoisotopic (exact) mass is 346 g/mol. The van der Waals surface area contributed by atoms with Gasteiger partial charge in [0, 0.05) is 6.04 Å². The summed E-state index contributed by atoms with van der Waals surface area (Å²) in [6, 6.07) is 10.0.